The highest BCUT2D eigenvalue weighted by Gasteiger charge is 2.58. The van der Waals surface area contributed by atoms with Crippen molar-refractivity contribution < 1.29 is 23.5 Å². The van der Waals surface area contributed by atoms with E-state index < -0.39 is 17.7 Å². The molecule has 4 aliphatic carbocycles. The number of amides is 2. The Bertz CT molecular complexity index is 845. The number of hydrogen-bond donors (Lipinski definition) is 3. The first-order valence-corrected chi connectivity index (χ1v) is 10.3. The molecule has 4 bridgehead atoms. The fraction of sp³-hybridized carbons (Fsp3) is 0.619. The fourth-order valence-corrected chi connectivity index (χ4v) is 6.78. The third-order valence-electron chi connectivity index (χ3n) is 7.37. The molecule has 0 aromatic heterocycles. The minimum Gasteiger partial charge on any atom is -0.465 e. The Balaban J connectivity index is 1.26. The standard InChI is InChI=1S/C21H25F2N3O3/c22-16-2-14-9-26(10-15(14)3-17(16)23)18(27)8-24-20-4-12-1-13(5-20)7-21(6-12,11-20)25-19(28)29/h2-3,12-13,24-25H,1,4-11H2,(H,28,29). The quantitative estimate of drug-likeness (QED) is 0.720. The number of benzene rings is 1. The highest BCUT2D eigenvalue weighted by Crippen LogP contribution is 2.57. The highest BCUT2D eigenvalue weighted by atomic mass is 19.2. The molecule has 1 heterocycles. The molecule has 156 valence electrons. The summed E-state index contributed by atoms with van der Waals surface area (Å²) in [7, 11) is 0. The van der Waals surface area contributed by atoms with Crippen LogP contribution in [0.15, 0.2) is 12.1 Å². The maximum absolute atomic E-state index is 13.5. The summed E-state index contributed by atoms with van der Waals surface area (Å²) in [5.74, 6) is -0.916. The number of carbonyl (C=O) groups is 2. The third kappa shape index (κ3) is 3.27. The minimum absolute atomic E-state index is 0.0991. The Labute approximate surface area is 167 Å². The molecule has 8 heteroatoms. The second kappa shape index (κ2) is 6.39. The lowest BCUT2D eigenvalue weighted by Crippen LogP contribution is -2.69. The zero-order valence-electron chi connectivity index (χ0n) is 16.1. The van der Waals surface area contributed by atoms with E-state index in [0.717, 1.165) is 32.1 Å². The van der Waals surface area contributed by atoms with Crippen LogP contribution < -0.4 is 10.6 Å². The smallest absolute Gasteiger partial charge is 0.405 e. The van der Waals surface area contributed by atoms with Crippen molar-refractivity contribution in [2.45, 2.75) is 62.7 Å². The van der Waals surface area contributed by atoms with Crippen LogP contribution in [0, 0.1) is 23.5 Å². The Kier molecular flexibility index (Phi) is 4.14. The first kappa shape index (κ1) is 18.8. The Morgan fingerprint density at radius 2 is 1.59 bits per heavy atom. The number of nitrogens with zero attached hydrogens (tertiary/aromatic N) is 1. The summed E-state index contributed by atoms with van der Waals surface area (Å²) in [5.41, 5.74) is 0.700. The third-order valence-corrected chi connectivity index (χ3v) is 7.37. The van der Waals surface area contributed by atoms with Gasteiger partial charge in [-0.1, -0.05) is 0 Å². The van der Waals surface area contributed by atoms with Crippen molar-refractivity contribution in [1.82, 2.24) is 15.5 Å². The van der Waals surface area contributed by atoms with E-state index in [-0.39, 0.29) is 36.6 Å². The number of carbonyl (C=O) groups excluding carboxylic acids is 1. The van der Waals surface area contributed by atoms with Gasteiger partial charge in [-0.3, -0.25) is 4.79 Å². The first-order chi connectivity index (χ1) is 13.7. The average molecular weight is 405 g/mol. The monoisotopic (exact) mass is 405 g/mol. The van der Waals surface area contributed by atoms with Crippen molar-refractivity contribution in [3.63, 3.8) is 0 Å². The van der Waals surface area contributed by atoms with Crippen LogP contribution in [0.4, 0.5) is 13.6 Å². The van der Waals surface area contributed by atoms with Crippen LogP contribution in [0.2, 0.25) is 0 Å². The van der Waals surface area contributed by atoms with Gasteiger partial charge in [-0.25, -0.2) is 13.6 Å². The van der Waals surface area contributed by atoms with E-state index in [9.17, 15) is 23.5 Å². The van der Waals surface area contributed by atoms with Crippen molar-refractivity contribution >= 4 is 12.0 Å². The van der Waals surface area contributed by atoms with E-state index in [1.807, 2.05) is 0 Å². The lowest BCUT2D eigenvalue weighted by atomic mass is 9.50. The summed E-state index contributed by atoms with van der Waals surface area (Å²) >= 11 is 0. The molecule has 1 aromatic carbocycles. The molecule has 3 N–H and O–H groups in total. The fourth-order valence-electron chi connectivity index (χ4n) is 6.78. The zero-order chi connectivity index (χ0) is 20.4. The SMILES string of the molecule is O=C(O)NC12CC3CC(CC(NCC(=O)N4Cc5cc(F)c(F)cc5C4)(C3)C1)C2. The van der Waals surface area contributed by atoms with Crippen molar-refractivity contribution in [3.05, 3.63) is 34.9 Å². The van der Waals surface area contributed by atoms with Gasteiger partial charge < -0.3 is 20.6 Å². The van der Waals surface area contributed by atoms with Crippen molar-refractivity contribution in [2.75, 3.05) is 6.54 Å². The maximum atomic E-state index is 13.5. The van der Waals surface area contributed by atoms with E-state index in [1.165, 1.54) is 12.1 Å². The molecule has 6 rings (SSSR count). The van der Waals surface area contributed by atoms with Gasteiger partial charge in [0.15, 0.2) is 11.6 Å². The topological polar surface area (TPSA) is 81.7 Å². The zero-order valence-corrected chi connectivity index (χ0v) is 16.1. The number of fused-ring (bicyclic) bond motifs is 1. The summed E-state index contributed by atoms with van der Waals surface area (Å²) in [6.45, 7) is 0.729. The van der Waals surface area contributed by atoms with E-state index >= 15 is 0 Å². The van der Waals surface area contributed by atoms with Gasteiger partial charge >= 0.3 is 6.09 Å². The average Bonchev–Trinajstić information content (AvgIpc) is 3.00. The molecule has 2 atom stereocenters. The molecule has 6 nitrogen and oxygen atoms in total. The largest absolute Gasteiger partial charge is 0.465 e. The van der Waals surface area contributed by atoms with Crippen LogP contribution in [-0.4, -0.2) is 39.6 Å². The summed E-state index contributed by atoms with van der Waals surface area (Å²) in [6, 6.07) is 2.34. The number of halogens is 2. The molecule has 2 amide bonds. The predicted molar refractivity (Wildman–Crippen MR) is 99.9 cm³/mol. The maximum Gasteiger partial charge on any atom is 0.405 e. The molecular formula is C21H25F2N3O3. The first-order valence-electron chi connectivity index (χ1n) is 10.3. The number of hydrogen-bond acceptors (Lipinski definition) is 3. The number of carboxylic acid groups (broad SMARTS) is 1. The van der Waals surface area contributed by atoms with Crippen LogP contribution >= 0.6 is 0 Å². The van der Waals surface area contributed by atoms with Crippen molar-refractivity contribution in [3.8, 4) is 0 Å². The van der Waals surface area contributed by atoms with Crippen LogP contribution in [0.3, 0.4) is 0 Å². The molecule has 2 unspecified atom stereocenters. The molecule has 0 spiro atoms. The minimum atomic E-state index is -0.979. The molecule has 4 saturated carbocycles. The normalized spacial score (nSPS) is 34.3. The molecular weight excluding hydrogens is 380 g/mol. The van der Waals surface area contributed by atoms with Gasteiger partial charge in [-0.15, -0.1) is 0 Å². The lowest BCUT2D eigenvalue weighted by molar-refractivity contribution is -0.132. The predicted octanol–water partition coefficient (Wildman–Crippen LogP) is 2.76. The van der Waals surface area contributed by atoms with Crippen LogP contribution in [0.5, 0.6) is 0 Å². The molecule has 4 fully saturated rings. The summed E-state index contributed by atoms with van der Waals surface area (Å²) in [6.07, 6.45) is 4.57. The van der Waals surface area contributed by atoms with Gasteiger partial charge in [-0.2, -0.15) is 0 Å². The molecule has 1 aliphatic heterocycles. The summed E-state index contributed by atoms with van der Waals surface area (Å²) in [5, 5.41) is 15.6. The van der Waals surface area contributed by atoms with E-state index in [4.69, 9.17) is 0 Å². The Morgan fingerprint density at radius 3 is 2.14 bits per heavy atom. The van der Waals surface area contributed by atoms with E-state index in [0.29, 0.717) is 29.4 Å². The van der Waals surface area contributed by atoms with Crippen molar-refractivity contribution in [1.29, 1.82) is 0 Å². The Hall–Kier alpha value is -2.22. The van der Waals surface area contributed by atoms with Gasteiger partial charge in [0.05, 0.1) is 6.54 Å². The highest BCUT2D eigenvalue weighted by molar-refractivity contribution is 5.79. The van der Waals surface area contributed by atoms with Crippen LogP contribution in [0.25, 0.3) is 0 Å². The second-order valence-corrected chi connectivity index (χ2v) is 9.59. The summed E-state index contributed by atoms with van der Waals surface area (Å²) < 4.78 is 26.9. The van der Waals surface area contributed by atoms with Crippen LogP contribution in [-0.2, 0) is 17.9 Å². The van der Waals surface area contributed by atoms with Gasteiger partial charge in [0.2, 0.25) is 5.91 Å². The molecule has 29 heavy (non-hydrogen) atoms. The van der Waals surface area contributed by atoms with E-state index in [1.54, 1.807) is 4.90 Å². The van der Waals surface area contributed by atoms with Gasteiger partial charge in [-0.05, 0) is 73.6 Å². The van der Waals surface area contributed by atoms with Gasteiger partial charge in [0.1, 0.15) is 0 Å². The molecule has 0 saturated heterocycles. The van der Waals surface area contributed by atoms with Crippen molar-refractivity contribution in [2.24, 2.45) is 11.8 Å². The lowest BCUT2D eigenvalue weighted by Gasteiger charge is -2.62. The second-order valence-electron chi connectivity index (χ2n) is 9.59. The van der Waals surface area contributed by atoms with Crippen LogP contribution in [0.1, 0.15) is 49.7 Å². The molecule has 0 radical (unpaired) electrons. The van der Waals surface area contributed by atoms with E-state index in [2.05, 4.69) is 10.6 Å². The number of rotatable bonds is 4. The molecule has 5 aliphatic rings. The van der Waals surface area contributed by atoms with Gasteiger partial charge in [0.25, 0.3) is 0 Å². The molecule has 1 aromatic rings. The van der Waals surface area contributed by atoms with Gasteiger partial charge in [0, 0.05) is 24.2 Å². The Morgan fingerprint density at radius 1 is 1.03 bits per heavy atom. The number of nitrogens with one attached hydrogen (secondary N) is 2. The summed E-state index contributed by atoms with van der Waals surface area (Å²) in [4.78, 5) is 25.8.